The fourth-order valence-corrected chi connectivity index (χ4v) is 3.41. The minimum absolute atomic E-state index is 0.234. The van der Waals surface area contributed by atoms with Crippen LogP contribution in [0.1, 0.15) is 43.2 Å². The van der Waals surface area contributed by atoms with Gasteiger partial charge in [0.25, 0.3) is 5.91 Å². The molecule has 1 aliphatic heterocycles. The molecule has 1 atom stereocenters. The zero-order valence-electron chi connectivity index (χ0n) is 14.8. The van der Waals surface area contributed by atoms with E-state index in [0.717, 1.165) is 25.2 Å². The lowest BCUT2D eigenvalue weighted by Crippen LogP contribution is -2.41. The smallest absolute Gasteiger partial charge is 0.256 e. The molecule has 1 fully saturated rings. The number of hydrogen-bond acceptors (Lipinski definition) is 4. The topological polar surface area (TPSA) is 67.6 Å². The molecule has 25 heavy (non-hydrogen) atoms. The summed E-state index contributed by atoms with van der Waals surface area (Å²) in [4.78, 5) is 18.8. The maximum atomic E-state index is 12.6. The Balaban J connectivity index is 1.60. The number of aryl methyl sites for hydroxylation is 1. The highest BCUT2D eigenvalue weighted by Crippen LogP contribution is 2.28. The van der Waals surface area contributed by atoms with Crippen molar-refractivity contribution in [3.63, 3.8) is 0 Å². The number of rotatable bonds is 5. The van der Waals surface area contributed by atoms with Crippen LogP contribution in [0.15, 0.2) is 36.7 Å². The molecule has 0 saturated carbocycles. The van der Waals surface area contributed by atoms with Crippen LogP contribution in [-0.4, -0.2) is 45.7 Å². The number of imidazole rings is 1. The van der Waals surface area contributed by atoms with Gasteiger partial charge in [-0.15, -0.1) is 0 Å². The number of piperidine rings is 1. The third-order valence-electron chi connectivity index (χ3n) is 4.93. The van der Waals surface area contributed by atoms with Crippen LogP contribution < -0.4 is 4.74 Å². The molecule has 0 spiro atoms. The van der Waals surface area contributed by atoms with E-state index >= 15 is 0 Å². The molecule has 1 saturated heterocycles. The summed E-state index contributed by atoms with van der Waals surface area (Å²) in [7, 11) is 1.59. The largest absolute Gasteiger partial charge is 0.497 e. The standard InChI is InChI=1S/C19H25N3O3/c1-3-21-13-10-20-18(21)15-8-11-22(12-9-15)19(24)17(23)14-4-6-16(25-2)7-5-14/h4-7,10,13,15,17,23H,3,8-9,11-12H2,1-2H3/t17-/m1/s1. The average Bonchev–Trinajstić information content (AvgIpc) is 3.16. The fraction of sp³-hybridized carbons (Fsp3) is 0.474. The summed E-state index contributed by atoms with van der Waals surface area (Å²) in [5.41, 5.74) is 0.592. The molecular formula is C19H25N3O3. The van der Waals surface area contributed by atoms with Crippen LogP contribution in [0.5, 0.6) is 5.75 Å². The molecule has 0 bridgehead atoms. The lowest BCUT2D eigenvalue weighted by molar-refractivity contribution is -0.141. The Morgan fingerprint density at radius 2 is 2.00 bits per heavy atom. The molecular weight excluding hydrogens is 318 g/mol. The van der Waals surface area contributed by atoms with Gasteiger partial charge in [0.15, 0.2) is 6.10 Å². The Hall–Kier alpha value is -2.34. The zero-order chi connectivity index (χ0) is 17.8. The number of likely N-dealkylation sites (tertiary alicyclic amines) is 1. The van der Waals surface area contributed by atoms with Gasteiger partial charge >= 0.3 is 0 Å². The predicted octanol–water partition coefficient (Wildman–Crippen LogP) is 2.35. The Morgan fingerprint density at radius 3 is 2.60 bits per heavy atom. The SMILES string of the molecule is CCn1ccnc1C1CCN(C(=O)[C@H](O)c2ccc(OC)cc2)CC1. The van der Waals surface area contributed by atoms with Gasteiger partial charge in [0.05, 0.1) is 7.11 Å². The summed E-state index contributed by atoms with van der Waals surface area (Å²) >= 11 is 0. The van der Waals surface area contributed by atoms with Gasteiger partial charge in [-0.1, -0.05) is 12.1 Å². The normalized spacial score (nSPS) is 16.7. The van der Waals surface area contributed by atoms with E-state index < -0.39 is 6.10 Å². The second kappa shape index (κ2) is 7.70. The van der Waals surface area contributed by atoms with Crippen molar-refractivity contribution in [3.05, 3.63) is 48.0 Å². The van der Waals surface area contributed by atoms with Crippen molar-refractivity contribution in [2.24, 2.45) is 0 Å². The van der Waals surface area contributed by atoms with Crippen LogP contribution in [0.25, 0.3) is 0 Å². The maximum Gasteiger partial charge on any atom is 0.256 e. The van der Waals surface area contributed by atoms with Crippen LogP contribution in [0, 0.1) is 0 Å². The number of nitrogens with zero attached hydrogens (tertiary/aromatic N) is 3. The molecule has 0 aliphatic carbocycles. The van der Waals surface area contributed by atoms with E-state index in [1.807, 2.05) is 12.4 Å². The van der Waals surface area contributed by atoms with Crippen LogP contribution in [0.4, 0.5) is 0 Å². The van der Waals surface area contributed by atoms with Crippen LogP contribution >= 0.6 is 0 Å². The monoisotopic (exact) mass is 343 g/mol. The summed E-state index contributed by atoms with van der Waals surface area (Å²) in [6.07, 6.45) is 4.46. The highest BCUT2D eigenvalue weighted by atomic mass is 16.5. The second-order valence-corrected chi connectivity index (χ2v) is 6.35. The number of carbonyl (C=O) groups excluding carboxylic acids is 1. The molecule has 0 unspecified atom stereocenters. The van der Waals surface area contributed by atoms with Gasteiger partial charge in [-0.25, -0.2) is 4.98 Å². The fourth-order valence-electron chi connectivity index (χ4n) is 3.41. The Bertz CT molecular complexity index is 703. The van der Waals surface area contributed by atoms with Crippen molar-refractivity contribution in [3.8, 4) is 5.75 Å². The molecule has 1 aromatic carbocycles. The summed E-state index contributed by atoms with van der Waals surface area (Å²) in [5, 5.41) is 10.4. The molecule has 1 aromatic heterocycles. The first-order valence-corrected chi connectivity index (χ1v) is 8.75. The van der Waals surface area contributed by atoms with E-state index in [4.69, 9.17) is 4.74 Å². The summed E-state index contributed by atoms with van der Waals surface area (Å²) < 4.78 is 7.27. The lowest BCUT2D eigenvalue weighted by atomic mass is 9.95. The van der Waals surface area contributed by atoms with Crippen molar-refractivity contribution in [1.82, 2.24) is 14.5 Å². The van der Waals surface area contributed by atoms with Crippen LogP contribution in [0.2, 0.25) is 0 Å². The molecule has 134 valence electrons. The predicted molar refractivity (Wildman–Crippen MR) is 94.4 cm³/mol. The molecule has 3 rings (SSSR count). The molecule has 6 heteroatoms. The molecule has 0 radical (unpaired) electrons. The van der Waals surface area contributed by atoms with Crippen molar-refractivity contribution >= 4 is 5.91 Å². The van der Waals surface area contributed by atoms with Crippen molar-refractivity contribution in [2.75, 3.05) is 20.2 Å². The first-order chi connectivity index (χ1) is 12.1. The maximum absolute atomic E-state index is 12.6. The van der Waals surface area contributed by atoms with E-state index in [1.165, 1.54) is 0 Å². The summed E-state index contributed by atoms with van der Waals surface area (Å²) in [6.45, 7) is 4.31. The Morgan fingerprint density at radius 1 is 1.32 bits per heavy atom. The number of aliphatic hydroxyl groups excluding tert-OH is 1. The highest BCUT2D eigenvalue weighted by Gasteiger charge is 2.29. The quantitative estimate of drug-likeness (QED) is 0.905. The Labute approximate surface area is 148 Å². The minimum Gasteiger partial charge on any atom is -0.497 e. The third-order valence-corrected chi connectivity index (χ3v) is 4.93. The van der Waals surface area contributed by atoms with E-state index in [1.54, 1.807) is 36.3 Å². The van der Waals surface area contributed by atoms with Gasteiger partial charge in [0.2, 0.25) is 0 Å². The number of methoxy groups -OCH3 is 1. The van der Waals surface area contributed by atoms with E-state index in [9.17, 15) is 9.90 Å². The van der Waals surface area contributed by atoms with Gasteiger partial charge in [0, 0.05) is 37.9 Å². The number of hydrogen-bond donors (Lipinski definition) is 1. The first kappa shape index (κ1) is 17.5. The van der Waals surface area contributed by atoms with Gasteiger partial charge in [0.1, 0.15) is 11.6 Å². The van der Waals surface area contributed by atoms with Gasteiger partial charge in [-0.3, -0.25) is 4.79 Å². The zero-order valence-corrected chi connectivity index (χ0v) is 14.8. The first-order valence-electron chi connectivity index (χ1n) is 8.75. The van der Waals surface area contributed by atoms with E-state index in [-0.39, 0.29) is 5.91 Å². The number of aromatic nitrogens is 2. The van der Waals surface area contributed by atoms with Crippen LogP contribution in [-0.2, 0) is 11.3 Å². The van der Waals surface area contributed by atoms with Gasteiger partial charge in [-0.05, 0) is 37.5 Å². The lowest BCUT2D eigenvalue weighted by Gasteiger charge is -2.33. The third kappa shape index (κ3) is 3.69. The minimum atomic E-state index is -1.12. The molecule has 2 aromatic rings. The molecule has 2 heterocycles. The number of aliphatic hydroxyl groups is 1. The van der Waals surface area contributed by atoms with Crippen LogP contribution in [0.3, 0.4) is 0 Å². The number of ether oxygens (including phenoxy) is 1. The van der Waals surface area contributed by atoms with E-state index in [0.29, 0.717) is 30.3 Å². The molecule has 1 amide bonds. The highest BCUT2D eigenvalue weighted by molar-refractivity contribution is 5.82. The molecule has 1 aliphatic rings. The number of amides is 1. The Kier molecular flexibility index (Phi) is 5.38. The summed E-state index contributed by atoms with van der Waals surface area (Å²) in [6, 6.07) is 6.96. The molecule has 6 nitrogen and oxygen atoms in total. The second-order valence-electron chi connectivity index (χ2n) is 6.35. The summed E-state index contributed by atoms with van der Waals surface area (Å²) in [5.74, 6) is 1.94. The van der Waals surface area contributed by atoms with Crippen molar-refractivity contribution in [1.29, 1.82) is 0 Å². The van der Waals surface area contributed by atoms with E-state index in [2.05, 4.69) is 16.5 Å². The van der Waals surface area contributed by atoms with Crippen molar-refractivity contribution in [2.45, 2.75) is 38.3 Å². The van der Waals surface area contributed by atoms with Gasteiger partial charge in [-0.2, -0.15) is 0 Å². The number of carbonyl (C=O) groups is 1. The number of benzene rings is 1. The van der Waals surface area contributed by atoms with Crippen molar-refractivity contribution < 1.29 is 14.6 Å². The molecule has 1 N–H and O–H groups in total. The average molecular weight is 343 g/mol. The van der Waals surface area contributed by atoms with Gasteiger partial charge < -0.3 is 19.3 Å².